The minimum absolute atomic E-state index is 0.0349. The number of hydrogen-bond donors (Lipinski definition) is 2. The van der Waals surface area contributed by atoms with E-state index < -0.39 is 5.97 Å². The highest BCUT2D eigenvalue weighted by atomic mass is 19.1. The maximum absolute atomic E-state index is 12.8. The summed E-state index contributed by atoms with van der Waals surface area (Å²) in [5, 5.41) is 12.1. The van der Waals surface area contributed by atoms with E-state index in [-0.39, 0.29) is 17.4 Å². The number of carboxylic acids is 1. The van der Waals surface area contributed by atoms with Gasteiger partial charge >= 0.3 is 5.97 Å². The maximum atomic E-state index is 12.8. The fraction of sp³-hybridized carbons (Fsp3) is 0.214. The Morgan fingerprint density at radius 3 is 2.68 bits per heavy atom. The smallest absolute Gasteiger partial charge is 0.339 e. The predicted octanol–water partition coefficient (Wildman–Crippen LogP) is 2.97. The van der Waals surface area contributed by atoms with Gasteiger partial charge in [-0.3, -0.25) is 0 Å². The maximum Gasteiger partial charge on any atom is 0.339 e. The van der Waals surface area contributed by atoms with E-state index in [0.29, 0.717) is 12.3 Å². The zero-order valence-electron chi connectivity index (χ0n) is 10.4. The zero-order chi connectivity index (χ0) is 13.8. The molecule has 1 heterocycles. The highest BCUT2D eigenvalue weighted by Gasteiger charge is 2.14. The van der Waals surface area contributed by atoms with Crippen molar-refractivity contribution in [3.63, 3.8) is 0 Å². The van der Waals surface area contributed by atoms with Gasteiger partial charge in [0.05, 0.1) is 12.8 Å². The van der Waals surface area contributed by atoms with E-state index in [1.165, 1.54) is 24.5 Å². The van der Waals surface area contributed by atoms with E-state index in [0.717, 1.165) is 5.56 Å². The number of rotatable bonds is 5. The third kappa shape index (κ3) is 3.20. The van der Waals surface area contributed by atoms with Gasteiger partial charge in [-0.1, -0.05) is 12.1 Å². The highest BCUT2D eigenvalue weighted by Crippen LogP contribution is 2.15. The number of benzene rings is 1. The summed E-state index contributed by atoms with van der Waals surface area (Å²) in [7, 11) is 0. The van der Waals surface area contributed by atoms with Crippen molar-refractivity contribution in [3.05, 3.63) is 59.3 Å². The molecule has 0 radical (unpaired) electrons. The summed E-state index contributed by atoms with van der Waals surface area (Å²) in [4.78, 5) is 10.9. The van der Waals surface area contributed by atoms with Crippen molar-refractivity contribution in [2.24, 2.45) is 0 Å². The Balaban J connectivity index is 2.00. The van der Waals surface area contributed by atoms with Crippen LogP contribution in [0.4, 0.5) is 4.39 Å². The quantitative estimate of drug-likeness (QED) is 0.870. The van der Waals surface area contributed by atoms with Crippen molar-refractivity contribution in [1.82, 2.24) is 5.32 Å². The fourth-order valence-electron chi connectivity index (χ4n) is 1.78. The molecule has 2 N–H and O–H groups in total. The average Bonchev–Trinajstić information content (AvgIpc) is 2.85. The average molecular weight is 263 g/mol. The van der Waals surface area contributed by atoms with E-state index in [2.05, 4.69) is 5.32 Å². The Kier molecular flexibility index (Phi) is 3.97. The Hall–Kier alpha value is -2.14. The van der Waals surface area contributed by atoms with Crippen LogP contribution in [0.25, 0.3) is 0 Å². The molecule has 5 heteroatoms. The van der Waals surface area contributed by atoms with Crippen LogP contribution in [-0.2, 0) is 6.54 Å². The van der Waals surface area contributed by atoms with Gasteiger partial charge in [0.1, 0.15) is 17.1 Å². The molecule has 0 spiro atoms. The molecule has 4 nitrogen and oxygen atoms in total. The van der Waals surface area contributed by atoms with E-state index >= 15 is 0 Å². The lowest BCUT2D eigenvalue weighted by Gasteiger charge is -2.13. The van der Waals surface area contributed by atoms with Crippen LogP contribution in [0.5, 0.6) is 0 Å². The number of carboxylic acid groups (broad SMARTS) is 1. The topological polar surface area (TPSA) is 62.5 Å². The molecule has 1 aromatic carbocycles. The molecule has 1 atom stereocenters. The first-order valence-corrected chi connectivity index (χ1v) is 5.86. The van der Waals surface area contributed by atoms with Gasteiger partial charge in [0.25, 0.3) is 0 Å². The lowest BCUT2D eigenvalue weighted by Crippen LogP contribution is -2.19. The monoisotopic (exact) mass is 263 g/mol. The minimum Gasteiger partial charge on any atom is -0.478 e. The Labute approximate surface area is 109 Å². The zero-order valence-corrected chi connectivity index (χ0v) is 10.4. The van der Waals surface area contributed by atoms with E-state index in [1.807, 2.05) is 6.92 Å². The Bertz CT molecular complexity index is 562. The summed E-state index contributed by atoms with van der Waals surface area (Å²) in [5.41, 5.74) is 1.07. The molecule has 100 valence electrons. The van der Waals surface area contributed by atoms with Gasteiger partial charge in [-0.15, -0.1) is 0 Å². The molecule has 0 saturated carbocycles. The van der Waals surface area contributed by atoms with Gasteiger partial charge in [0.2, 0.25) is 0 Å². The van der Waals surface area contributed by atoms with Gasteiger partial charge in [-0.05, 0) is 30.7 Å². The van der Waals surface area contributed by atoms with Gasteiger partial charge in [-0.25, -0.2) is 9.18 Å². The number of halogens is 1. The standard InChI is InChI=1S/C14H14FNO3/c1-9(10-2-4-11(15)5-3-10)16-8-13-12(14(17)18)6-7-19-13/h2-7,9,16H,8H2,1H3,(H,17,18)/t9-/m0/s1. The molecule has 19 heavy (non-hydrogen) atoms. The number of carbonyl (C=O) groups is 1. The number of nitrogens with one attached hydrogen (secondary N) is 1. The largest absolute Gasteiger partial charge is 0.478 e. The Morgan fingerprint density at radius 1 is 1.37 bits per heavy atom. The van der Waals surface area contributed by atoms with Gasteiger partial charge in [0, 0.05) is 6.04 Å². The van der Waals surface area contributed by atoms with Crippen LogP contribution in [-0.4, -0.2) is 11.1 Å². The van der Waals surface area contributed by atoms with Crippen molar-refractivity contribution in [2.45, 2.75) is 19.5 Å². The van der Waals surface area contributed by atoms with Crippen molar-refractivity contribution in [2.75, 3.05) is 0 Å². The van der Waals surface area contributed by atoms with E-state index in [9.17, 15) is 9.18 Å². The van der Waals surface area contributed by atoms with Crippen LogP contribution in [0.1, 0.15) is 34.6 Å². The highest BCUT2D eigenvalue weighted by molar-refractivity contribution is 5.88. The summed E-state index contributed by atoms with van der Waals surface area (Å²) >= 11 is 0. The lowest BCUT2D eigenvalue weighted by atomic mass is 10.1. The molecule has 0 aliphatic carbocycles. The lowest BCUT2D eigenvalue weighted by molar-refractivity contribution is 0.0694. The minimum atomic E-state index is -1.01. The van der Waals surface area contributed by atoms with Crippen molar-refractivity contribution in [1.29, 1.82) is 0 Å². The second-order valence-corrected chi connectivity index (χ2v) is 4.22. The SMILES string of the molecule is C[C@H](NCc1occc1C(=O)O)c1ccc(F)cc1. The molecule has 0 bridgehead atoms. The molecule has 0 saturated heterocycles. The molecule has 0 amide bonds. The Morgan fingerprint density at radius 2 is 2.05 bits per heavy atom. The van der Waals surface area contributed by atoms with Gasteiger partial charge in [-0.2, -0.15) is 0 Å². The van der Waals surface area contributed by atoms with Gasteiger partial charge < -0.3 is 14.8 Å². The van der Waals surface area contributed by atoms with Crippen molar-refractivity contribution in [3.8, 4) is 0 Å². The third-order valence-corrected chi connectivity index (χ3v) is 2.91. The number of furan rings is 1. The molecule has 2 rings (SSSR count). The third-order valence-electron chi connectivity index (χ3n) is 2.91. The summed E-state index contributed by atoms with van der Waals surface area (Å²) < 4.78 is 17.9. The van der Waals surface area contributed by atoms with Crippen molar-refractivity contribution < 1.29 is 18.7 Å². The van der Waals surface area contributed by atoms with Gasteiger partial charge in [0.15, 0.2) is 0 Å². The molecule has 2 aromatic rings. The molecule has 0 aliphatic heterocycles. The summed E-state index contributed by atoms with van der Waals surface area (Å²) in [6.07, 6.45) is 1.35. The van der Waals surface area contributed by atoms with Crippen LogP contribution in [0, 0.1) is 5.82 Å². The summed E-state index contributed by atoms with van der Waals surface area (Å²) in [5.74, 6) is -0.920. The summed E-state index contributed by atoms with van der Waals surface area (Å²) in [6, 6.07) is 7.54. The van der Waals surface area contributed by atoms with Crippen molar-refractivity contribution >= 4 is 5.97 Å². The van der Waals surface area contributed by atoms with E-state index in [4.69, 9.17) is 9.52 Å². The molecule has 1 aromatic heterocycles. The number of hydrogen-bond acceptors (Lipinski definition) is 3. The predicted molar refractivity (Wildman–Crippen MR) is 67.3 cm³/mol. The van der Waals surface area contributed by atoms with E-state index in [1.54, 1.807) is 12.1 Å². The molecular weight excluding hydrogens is 249 g/mol. The van der Waals surface area contributed by atoms with Crippen LogP contribution in [0.15, 0.2) is 41.0 Å². The first-order valence-electron chi connectivity index (χ1n) is 5.86. The second-order valence-electron chi connectivity index (χ2n) is 4.22. The summed E-state index contributed by atoms with van der Waals surface area (Å²) in [6.45, 7) is 2.21. The van der Waals surface area contributed by atoms with Crippen LogP contribution >= 0.6 is 0 Å². The fourth-order valence-corrected chi connectivity index (χ4v) is 1.78. The second kappa shape index (κ2) is 5.67. The molecule has 0 unspecified atom stereocenters. The molecule has 0 fully saturated rings. The first kappa shape index (κ1) is 13.3. The number of aromatic carboxylic acids is 1. The first-order chi connectivity index (χ1) is 9.08. The van der Waals surface area contributed by atoms with Crippen LogP contribution < -0.4 is 5.32 Å². The normalized spacial score (nSPS) is 12.3. The van der Waals surface area contributed by atoms with Crippen LogP contribution in [0.2, 0.25) is 0 Å². The van der Waals surface area contributed by atoms with Crippen LogP contribution in [0.3, 0.4) is 0 Å². The molecular formula is C14H14FNO3. The molecule has 0 aliphatic rings.